The number of nitrogens with zero attached hydrogens (tertiary/aromatic N) is 8. The summed E-state index contributed by atoms with van der Waals surface area (Å²) in [4.78, 5) is 36.4. The van der Waals surface area contributed by atoms with Crippen LogP contribution in [0.2, 0.25) is 0 Å². The minimum Gasteiger partial charge on any atom is -0.324 e. The molecule has 0 radical (unpaired) electrons. The zero-order chi connectivity index (χ0) is 27.9. The van der Waals surface area contributed by atoms with Gasteiger partial charge in [0.05, 0.1) is 47.2 Å². The summed E-state index contributed by atoms with van der Waals surface area (Å²) in [5.74, 6) is -0.551. The van der Waals surface area contributed by atoms with Gasteiger partial charge >= 0.3 is 0 Å². The molecule has 1 aliphatic heterocycles. The van der Waals surface area contributed by atoms with Gasteiger partial charge in [-0.15, -0.1) is 5.10 Å². The molecule has 12 nitrogen and oxygen atoms in total. The summed E-state index contributed by atoms with van der Waals surface area (Å²) in [5.41, 5.74) is 5.12. The van der Waals surface area contributed by atoms with E-state index in [1.165, 1.54) is 0 Å². The maximum atomic E-state index is 13.2. The van der Waals surface area contributed by atoms with Crippen molar-refractivity contribution in [1.29, 1.82) is 0 Å². The van der Waals surface area contributed by atoms with E-state index in [9.17, 15) is 9.59 Å². The Bertz CT molecular complexity index is 1720. The normalized spacial score (nSPS) is 14.6. The van der Waals surface area contributed by atoms with Crippen molar-refractivity contribution in [2.24, 2.45) is 5.41 Å². The molecule has 12 heteroatoms. The van der Waals surface area contributed by atoms with E-state index in [1.54, 1.807) is 59.2 Å². The maximum Gasteiger partial charge on any atom is 0.278 e. The molecule has 5 aromatic rings. The predicted octanol–water partition coefficient (Wildman–Crippen LogP) is 3.21. The minimum absolute atomic E-state index is 0.121. The fraction of sp³-hybridized carbons (Fsp3) is 0.250. The van der Waals surface area contributed by atoms with Crippen molar-refractivity contribution in [2.45, 2.75) is 20.8 Å². The molecule has 40 heavy (non-hydrogen) atoms. The minimum atomic E-state index is -0.429. The van der Waals surface area contributed by atoms with Crippen LogP contribution in [0.25, 0.3) is 22.3 Å². The first-order chi connectivity index (χ1) is 19.2. The van der Waals surface area contributed by atoms with Crippen LogP contribution >= 0.6 is 0 Å². The van der Waals surface area contributed by atoms with Gasteiger partial charge in [-0.25, -0.2) is 9.20 Å². The second-order valence-corrected chi connectivity index (χ2v) is 10.7. The average Bonchev–Trinajstić information content (AvgIpc) is 3.60. The molecule has 202 valence electrons. The molecule has 0 spiro atoms. The Balaban J connectivity index is 1.17. The van der Waals surface area contributed by atoms with Gasteiger partial charge in [-0.05, 0) is 36.6 Å². The third-order valence-corrected chi connectivity index (χ3v) is 6.74. The number of hydrogen-bond donors (Lipinski definition) is 2. The van der Waals surface area contributed by atoms with Gasteiger partial charge in [0.25, 0.3) is 5.91 Å². The Morgan fingerprint density at radius 2 is 1.90 bits per heavy atom. The molecule has 1 fully saturated rings. The number of carbonyl (C=O) groups excluding carboxylic acids is 2. The summed E-state index contributed by atoms with van der Waals surface area (Å²) in [7, 11) is 0. The van der Waals surface area contributed by atoms with Gasteiger partial charge in [0.15, 0.2) is 5.69 Å². The lowest BCUT2D eigenvalue weighted by Gasteiger charge is -2.45. The van der Waals surface area contributed by atoms with E-state index in [0.29, 0.717) is 29.1 Å². The summed E-state index contributed by atoms with van der Waals surface area (Å²) in [6, 6.07) is 9.20. The van der Waals surface area contributed by atoms with Gasteiger partial charge in [-0.2, -0.15) is 5.10 Å². The Kier molecular flexibility index (Phi) is 6.31. The predicted molar refractivity (Wildman–Crippen MR) is 149 cm³/mol. The molecule has 6 rings (SSSR count). The molecule has 2 N–H and O–H groups in total. The van der Waals surface area contributed by atoms with Gasteiger partial charge in [-0.1, -0.05) is 25.1 Å². The molecule has 0 atom stereocenters. The van der Waals surface area contributed by atoms with Crippen molar-refractivity contribution in [3.8, 4) is 16.8 Å². The molecule has 1 saturated heterocycles. The number of rotatable bonds is 7. The zero-order valence-electron chi connectivity index (χ0n) is 22.4. The molecule has 1 aliphatic rings. The number of hydrogen-bond acceptors (Lipinski definition) is 8. The summed E-state index contributed by atoms with van der Waals surface area (Å²) >= 11 is 0. The van der Waals surface area contributed by atoms with Crippen LogP contribution in [0.1, 0.15) is 30.0 Å². The molecule has 0 aliphatic carbocycles. The van der Waals surface area contributed by atoms with Crippen LogP contribution in [0, 0.1) is 12.3 Å². The molecule has 0 bridgehead atoms. The van der Waals surface area contributed by atoms with Gasteiger partial charge in [0.1, 0.15) is 0 Å². The number of nitrogens with one attached hydrogen (secondary N) is 2. The number of anilines is 2. The highest BCUT2D eigenvalue weighted by molar-refractivity contribution is 6.08. The Morgan fingerprint density at radius 1 is 1.05 bits per heavy atom. The molecule has 0 aromatic carbocycles. The lowest BCUT2D eigenvalue weighted by Crippen LogP contribution is -2.54. The van der Waals surface area contributed by atoms with Crippen molar-refractivity contribution in [3.05, 3.63) is 78.9 Å². The fourth-order valence-corrected chi connectivity index (χ4v) is 4.95. The molecule has 2 amide bonds. The van der Waals surface area contributed by atoms with Crippen molar-refractivity contribution in [1.82, 2.24) is 39.5 Å². The number of pyridine rings is 3. The SMILES string of the molecule is Cc1ncc(NC(=O)CN2CC(C)(C)C2)cc1NC(=O)c1nnn2cc(-c3cncc(-n4cccn4)c3)ccc12. The van der Waals surface area contributed by atoms with E-state index in [2.05, 4.69) is 54.8 Å². The van der Waals surface area contributed by atoms with Crippen LogP contribution in [0.5, 0.6) is 0 Å². The van der Waals surface area contributed by atoms with Crippen LogP contribution in [0.3, 0.4) is 0 Å². The fourth-order valence-electron chi connectivity index (χ4n) is 4.95. The highest BCUT2D eigenvalue weighted by Gasteiger charge is 2.34. The highest BCUT2D eigenvalue weighted by atomic mass is 16.2. The molecular weight excluding hydrogens is 508 g/mol. The standard InChI is InChI=1S/C28H28N10O2/c1-18-23(10-21(12-30-18)32-25(39)15-36-16-28(2,3)17-36)33-27(40)26-24-6-5-19(14-38(24)35-34-26)20-9-22(13-29-11-20)37-8-4-7-31-37/h4-14H,15-17H2,1-3H3,(H,32,39)(H,33,40). The number of aromatic nitrogens is 7. The largest absolute Gasteiger partial charge is 0.324 e. The topological polar surface area (TPSA) is 135 Å². The van der Waals surface area contributed by atoms with Crippen LogP contribution < -0.4 is 10.6 Å². The highest BCUT2D eigenvalue weighted by Crippen LogP contribution is 2.28. The quantitative estimate of drug-likeness (QED) is 0.324. The van der Waals surface area contributed by atoms with E-state index in [0.717, 1.165) is 29.9 Å². The lowest BCUT2D eigenvalue weighted by molar-refractivity contribution is -0.120. The summed E-state index contributed by atoms with van der Waals surface area (Å²) in [6.45, 7) is 8.23. The first-order valence-electron chi connectivity index (χ1n) is 12.8. The Hall–Kier alpha value is -4.97. The number of fused-ring (bicyclic) bond motifs is 1. The van der Waals surface area contributed by atoms with E-state index >= 15 is 0 Å². The van der Waals surface area contributed by atoms with Crippen molar-refractivity contribution < 1.29 is 9.59 Å². The number of carbonyl (C=O) groups is 2. The Morgan fingerprint density at radius 3 is 2.67 bits per heavy atom. The zero-order valence-corrected chi connectivity index (χ0v) is 22.4. The van der Waals surface area contributed by atoms with Crippen molar-refractivity contribution in [3.63, 3.8) is 0 Å². The van der Waals surface area contributed by atoms with E-state index in [1.807, 2.05) is 24.4 Å². The Labute approximate surface area is 230 Å². The van der Waals surface area contributed by atoms with Gasteiger partial charge < -0.3 is 10.6 Å². The summed E-state index contributed by atoms with van der Waals surface area (Å²) in [6.07, 6.45) is 10.4. The van der Waals surface area contributed by atoms with E-state index < -0.39 is 5.91 Å². The monoisotopic (exact) mass is 536 g/mol. The smallest absolute Gasteiger partial charge is 0.278 e. The van der Waals surface area contributed by atoms with Crippen LogP contribution in [-0.2, 0) is 4.79 Å². The van der Waals surface area contributed by atoms with Crippen LogP contribution in [0.15, 0.2) is 67.5 Å². The number of aryl methyl sites for hydroxylation is 1. The van der Waals surface area contributed by atoms with E-state index in [-0.39, 0.29) is 17.0 Å². The van der Waals surface area contributed by atoms with Crippen LogP contribution in [-0.4, -0.2) is 70.9 Å². The molecular formula is C28H28N10O2. The van der Waals surface area contributed by atoms with Gasteiger partial charge in [0, 0.05) is 49.0 Å². The molecule has 0 saturated carbocycles. The summed E-state index contributed by atoms with van der Waals surface area (Å²) in [5, 5.41) is 18.3. The second kappa shape index (κ2) is 9.97. The lowest BCUT2D eigenvalue weighted by atomic mass is 9.84. The molecule has 5 aromatic heterocycles. The molecule has 0 unspecified atom stereocenters. The first kappa shape index (κ1) is 25.3. The van der Waals surface area contributed by atoms with Gasteiger partial charge in [0.2, 0.25) is 5.91 Å². The van der Waals surface area contributed by atoms with Crippen molar-refractivity contribution in [2.75, 3.05) is 30.3 Å². The van der Waals surface area contributed by atoms with Crippen molar-refractivity contribution >= 4 is 28.7 Å². The third-order valence-electron chi connectivity index (χ3n) is 6.74. The average molecular weight is 537 g/mol. The second-order valence-electron chi connectivity index (χ2n) is 10.7. The molecule has 6 heterocycles. The maximum absolute atomic E-state index is 13.2. The first-order valence-corrected chi connectivity index (χ1v) is 12.8. The van der Waals surface area contributed by atoms with E-state index in [4.69, 9.17) is 0 Å². The third kappa shape index (κ3) is 5.16. The van der Waals surface area contributed by atoms with Gasteiger partial charge in [-0.3, -0.25) is 24.5 Å². The summed E-state index contributed by atoms with van der Waals surface area (Å²) < 4.78 is 3.29. The number of likely N-dealkylation sites (tertiary alicyclic amines) is 1. The number of amides is 2. The van der Waals surface area contributed by atoms with Crippen LogP contribution in [0.4, 0.5) is 11.4 Å².